The van der Waals surface area contributed by atoms with Crippen molar-refractivity contribution >= 4 is 44.8 Å². The van der Waals surface area contributed by atoms with E-state index < -0.39 is 0 Å². The van der Waals surface area contributed by atoms with E-state index in [1.54, 1.807) is 23.0 Å². The molecule has 9 heteroatoms. The molecule has 0 aliphatic rings. The van der Waals surface area contributed by atoms with Crippen LogP contribution < -0.4 is 4.74 Å². The first kappa shape index (κ1) is 20.4. The molecule has 0 atom stereocenters. The summed E-state index contributed by atoms with van der Waals surface area (Å²) in [5.41, 5.74) is 3.29. The van der Waals surface area contributed by atoms with Gasteiger partial charge in [-0.15, -0.1) is 16.4 Å². The summed E-state index contributed by atoms with van der Waals surface area (Å²) in [6.45, 7) is 2.27. The van der Waals surface area contributed by atoms with Crippen molar-refractivity contribution in [1.29, 1.82) is 0 Å². The second-order valence-corrected chi connectivity index (χ2v) is 8.55. The van der Waals surface area contributed by atoms with E-state index in [0.717, 1.165) is 32.7 Å². The number of rotatable bonds is 5. The van der Waals surface area contributed by atoms with Crippen LogP contribution in [0.3, 0.4) is 0 Å². The number of halogens is 1. The predicted octanol–water partition coefficient (Wildman–Crippen LogP) is 5.33. The lowest BCUT2D eigenvalue weighted by Crippen LogP contribution is -1.99. The van der Waals surface area contributed by atoms with Crippen LogP contribution in [0.25, 0.3) is 27.3 Å². The first-order valence-electron chi connectivity index (χ1n) is 9.74. The topological polar surface area (TPSA) is 78.6 Å². The number of hydrogen-bond acceptors (Lipinski definition) is 7. The van der Waals surface area contributed by atoms with Crippen LogP contribution in [0.15, 0.2) is 54.9 Å². The number of aromatic nitrogens is 4. The molecule has 0 fully saturated rings. The minimum absolute atomic E-state index is 0.378. The summed E-state index contributed by atoms with van der Waals surface area (Å²) >= 11 is 7.22. The maximum Gasteiger partial charge on any atom is 0.348 e. The number of nitrogens with zero attached hydrogens (tertiary/aromatic N) is 4. The standard InChI is InChI=1S/C23H17ClN4O3S/c1-13-18-21-26-20(27-28(21)12-25-22(18)32-19(13)23(29)30-2)15-5-3-4-14(10-15)11-31-17-8-6-16(24)7-9-17/h3-10,12H,11H2,1-2H3. The Kier molecular flexibility index (Phi) is 5.24. The number of methoxy groups -OCH3 is 1. The Morgan fingerprint density at radius 2 is 2.00 bits per heavy atom. The highest BCUT2D eigenvalue weighted by Gasteiger charge is 2.21. The van der Waals surface area contributed by atoms with Gasteiger partial charge in [0.05, 0.1) is 12.5 Å². The van der Waals surface area contributed by atoms with Crippen molar-refractivity contribution in [3.8, 4) is 17.1 Å². The number of thiophene rings is 1. The predicted molar refractivity (Wildman–Crippen MR) is 123 cm³/mol. The van der Waals surface area contributed by atoms with E-state index >= 15 is 0 Å². The molecule has 0 unspecified atom stereocenters. The number of esters is 1. The van der Waals surface area contributed by atoms with E-state index in [-0.39, 0.29) is 5.97 Å². The van der Waals surface area contributed by atoms with Crippen molar-refractivity contribution in [2.75, 3.05) is 7.11 Å². The van der Waals surface area contributed by atoms with Crippen LogP contribution in [0.5, 0.6) is 5.75 Å². The molecule has 5 rings (SSSR count). The number of hydrogen-bond donors (Lipinski definition) is 0. The van der Waals surface area contributed by atoms with E-state index in [2.05, 4.69) is 10.1 Å². The highest BCUT2D eigenvalue weighted by atomic mass is 35.5. The van der Waals surface area contributed by atoms with Gasteiger partial charge in [-0.2, -0.15) is 0 Å². The van der Waals surface area contributed by atoms with Crippen LogP contribution in [0, 0.1) is 6.92 Å². The molecule has 160 valence electrons. The van der Waals surface area contributed by atoms with E-state index in [0.29, 0.717) is 28.0 Å². The van der Waals surface area contributed by atoms with Crippen LogP contribution in [0.2, 0.25) is 5.02 Å². The monoisotopic (exact) mass is 464 g/mol. The summed E-state index contributed by atoms with van der Waals surface area (Å²) in [6.07, 6.45) is 1.61. The van der Waals surface area contributed by atoms with Gasteiger partial charge in [0.1, 0.15) is 28.4 Å². The summed E-state index contributed by atoms with van der Waals surface area (Å²) < 4.78 is 12.4. The quantitative estimate of drug-likeness (QED) is 0.327. The minimum Gasteiger partial charge on any atom is -0.489 e. The first-order valence-corrected chi connectivity index (χ1v) is 10.9. The maximum absolute atomic E-state index is 12.1. The average Bonchev–Trinajstić information content (AvgIpc) is 3.39. The Balaban J connectivity index is 1.48. The lowest BCUT2D eigenvalue weighted by molar-refractivity contribution is 0.0605. The fourth-order valence-electron chi connectivity index (χ4n) is 3.44. The average molecular weight is 465 g/mol. The molecule has 0 saturated carbocycles. The maximum atomic E-state index is 12.1. The largest absolute Gasteiger partial charge is 0.489 e. The second kappa shape index (κ2) is 8.22. The van der Waals surface area contributed by atoms with Gasteiger partial charge in [-0.25, -0.2) is 19.3 Å². The smallest absolute Gasteiger partial charge is 0.348 e. The lowest BCUT2D eigenvalue weighted by Gasteiger charge is -2.07. The highest BCUT2D eigenvalue weighted by molar-refractivity contribution is 7.20. The molecule has 3 heterocycles. The zero-order valence-corrected chi connectivity index (χ0v) is 18.8. The van der Waals surface area contributed by atoms with E-state index in [1.807, 2.05) is 43.3 Å². The van der Waals surface area contributed by atoms with Gasteiger partial charge in [-0.1, -0.05) is 29.8 Å². The van der Waals surface area contributed by atoms with Crippen LogP contribution in [0.1, 0.15) is 20.8 Å². The number of aryl methyl sites for hydroxylation is 1. The Hall–Kier alpha value is -3.49. The van der Waals surface area contributed by atoms with Crippen molar-refractivity contribution in [2.45, 2.75) is 13.5 Å². The molecule has 0 bridgehead atoms. The molecule has 0 saturated heterocycles. The number of ether oxygens (including phenoxy) is 2. The molecule has 0 radical (unpaired) electrons. The molecule has 7 nitrogen and oxygen atoms in total. The third-order valence-electron chi connectivity index (χ3n) is 5.04. The third-order valence-corrected chi connectivity index (χ3v) is 6.47. The summed E-state index contributed by atoms with van der Waals surface area (Å²) in [6, 6.07) is 15.1. The summed E-state index contributed by atoms with van der Waals surface area (Å²) in [4.78, 5) is 22.5. The molecule has 2 aromatic carbocycles. The molecule has 32 heavy (non-hydrogen) atoms. The van der Waals surface area contributed by atoms with Crippen molar-refractivity contribution in [3.05, 3.63) is 75.9 Å². The highest BCUT2D eigenvalue weighted by Crippen LogP contribution is 2.33. The van der Waals surface area contributed by atoms with Crippen molar-refractivity contribution < 1.29 is 14.3 Å². The van der Waals surface area contributed by atoms with Crippen molar-refractivity contribution in [2.24, 2.45) is 0 Å². The van der Waals surface area contributed by atoms with Gasteiger partial charge in [0.2, 0.25) is 0 Å². The summed E-state index contributed by atoms with van der Waals surface area (Å²) in [5, 5.41) is 6.07. The van der Waals surface area contributed by atoms with E-state index in [9.17, 15) is 4.79 Å². The lowest BCUT2D eigenvalue weighted by atomic mass is 10.1. The molecular weight excluding hydrogens is 448 g/mol. The number of benzene rings is 2. The van der Waals surface area contributed by atoms with Crippen molar-refractivity contribution in [3.63, 3.8) is 0 Å². The summed E-state index contributed by atoms with van der Waals surface area (Å²) in [7, 11) is 1.37. The van der Waals surface area contributed by atoms with Gasteiger partial charge < -0.3 is 9.47 Å². The zero-order valence-electron chi connectivity index (χ0n) is 17.2. The van der Waals surface area contributed by atoms with E-state index in [4.69, 9.17) is 26.1 Å². The van der Waals surface area contributed by atoms with Gasteiger partial charge in [0, 0.05) is 10.6 Å². The van der Waals surface area contributed by atoms with Crippen molar-refractivity contribution in [1.82, 2.24) is 19.6 Å². The summed E-state index contributed by atoms with van der Waals surface area (Å²) in [5.74, 6) is 0.933. The fraction of sp³-hybridized carbons (Fsp3) is 0.130. The Morgan fingerprint density at radius 1 is 1.19 bits per heavy atom. The second-order valence-electron chi connectivity index (χ2n) is 7.12. The van der Waals surface area contributed by atoms with Crippen LogP contribution in [0.4, 0.5) is 0 Å². The van der Waals surface area contributed by atoms with Crippen LogP contribution >= 0.6 is 22.9 Å². The normalized spacial score (nSPS) is 11.2. The van der Waals surface area contributed by atoms with Crippen LogP contribution in [-0.2, 0) is 11.3 Å². The van der Waals surface area contributed by atoms with E-state index in [1.165, 1.54) is 18.4 Å². The molecule has 0 aliphatic carbocycles. The zero-order chi connectivity index (χ0) is 22.2. The third kappa shape index (κ3) is 3.68. The Bertz CT molecular complexity index is 1460. The van der Waals surface area contributed by atoms with Gasteiger partial charge >= 0.3 is 5.97 Å². The number of fused-ring (bicyclic) bond motifs is 3. The molecule has 0 spiro atoms. The van der Waals surface area contributed by atoms with Gasteiger partial charge in [0.25, 0.3) is 0 Å². The van der Waals surface area contributed by atoms with Gasteiger partial charge in [-0.3, -0.25) is 0 Å². The molecule has 0 aliphatic heterocycles. The molecule has 3 aromatic heterocycles. The Morgan fingerprint density at radius 3 is 2.78 bits per heavy atom. The molecule has 5 aromatic rings. The number of carbonyl (C=O) groups is 1. The first-order chi connectivity index (χ1) is 15.5. The van der Waals surface area contributed by atoms with Gasteiger partial charge in [-0.05, 0) is 48.4 Å². The van der Waals surface area contributed by atoms with Gasteiger partial charge in [0.15, 0.2) is 11.5 Å². The molecular formula is C23H17ClN4O3S. The fourth-order valence-corrected chi connectivity index (χ4v) is 4.63. The minimum atomic E-state index is -0.378. The number of carbonyl (C=O) groups excluding carboxylic acids is 1. The molecule has 0 N–H and O–H groups in total. The molecule has 0 amide bonds. The Labute approximate surface area is 192 Å². The SMILES string of the molecule is COC(=O)c1sc2ncn3nc(-c4cccc(COc5ccc(Cl)cc5)c4)nc3c2c1C. The van der Waals surface area contributed by atoms with Crippen LogP contribution in [-0.4, -0.2) is 32.7 Å².